The number of nitrogens with zero attached hydrogens (tertiary/aromatic N) is 4. The number of anilines is 1. The van der Waals surface area contributed by atoms with E-state index in [1.54, 1.807) is 6.20 Å². The van der Waals surface area contributed by atoms with Gasteiger partial charge < -0.3 is 9.64 Å². The fraction of sp³-hybridized carbons (Fsp3) is 0.643. The molecule has 2 rings (SSSR count). The highest BCUT2D eigenvalue weighted by atomic mass is 16.5. The van der Waals surface area contributed by atoms with Crippen molar-refractivity contribution >= 4 is 11.8 Å². The zero-order chi connectivity index (χ0) is 14.5. The maximum absolute atomic E-state index is 11.3. The fourth-order valence-electron chi connectivity index (χ4n) is 2.37. The molecule has 1 aliphatic rings. The zero-order valence-corrected chi connectivity index (χ0v) is 12.4. The molecule has 1 aromatic rings. The molecule has 1 saturated heterocycles. The molecule has 6 heteroatoms. The minimum atomic E-state index is -0.453. The van der Waals surface area contributed by atoms with Crippen molar-refractivity contribution in [3.8, 4) is 0 Å². The highest BCUT2D eigenvalue weighted by Gasteiger charge is 2.19. The van der Waals surface area contributed by atoms with Gasteiger partial charge in [0.2, 0.25) is 0 Å². The fourth-order valence-corrected chi connectivity index (χ4v) is 2.37. The Bertz CT molecular complexity index is 439. The van der Waals surface area contributed by atoms with E-state index in [0.29, 0.717) is 5.92 Å². The lowest BCUT2D eigenvalue weighted by Crippen LogP contribution is -2.47. The number of esters is 1. The van der Waals surface area contributed by atoms with Crippen LogP contribution < -0.4 is 4.90 Å². The van der Waals surface area contributed by atoms with Gasteiger partial charge in [0.1, 0.15) is 5.82 Å². The smallest absolute Gasteiger partial charge is 0.358 e. The van der Waals surface area contributed by atoms with Crippen molar-refractivity contribution in [2.45, 2.75) is 13.8 Å². The largest absolute Gasteiger partial charge is 0.464 e. The maximum Gasteiger partial charge on any atom is 0.358 e. The predicted octanol–water partition coefficient (Wildman–Crippen LogP) is 1.04. The Kier molecular flexibility index (Phi) is 4.89. The first kappa shape index (κ1) is 14.7. The average Bonchev–Trinajstić information content (AvgIpc) is 2.47. The van der Waals surface area contributed by atoms with Gasteiger partial charge in [-0.2, -0.15) is 0 Å². The molecule has 0 spiro atoms. The SMILES string of the molecule is COC(=O)c1cnc(N2CCN(CC(C)C)CC2)cn1. The molecule has 0 amide bonds. The number of carbonyl (C=O) groups excluding carboxylic acids is 1. The van der Waals surface area contributed by atoms with E-state index in [1.807, 2.05) is 0 Å². The van der Waals surface area contributed by atoms with Gasteiger partial charge in [0.15, 0.2) is 5.69 Å². The Hall–Kier alpha value is -1.69. The number of hydrogen-bond donors (Lipinski definition) is 0. The van der Waals surface area contributed by atoms with Crippen molar-refractivity contribution in [2.75, 3.05) is 44.7 Å². The molecule has 1 aliphatic heterocycles. The summed E-state index contributed by atoms with van der Waals surface area (Å²) in [5.41, 5.74) is 0.245. The van der Waals surface area contributed by atoms with Crippen LogP contribution in [-0.2, 0) is 4.74 Å². The molecule has 0 N–H and O–H groups in total. The third-order valence-electron chi connectivity index (χ3n) is 3.35. The number of methoxy groups -OCH3 is 1. The van der Waals surface area contributed by atoms with Crippen LogP contribution in [0.25, 0.3) is 0 Å². The molecular weight excluding hydrogens is 256 g/mol. The normalized spacial score (nSPS) is 16.5. The van der Waals surface area contributed by atoms with Gasteiger partial charge in [-0.05, 0) is 5.92 Å². The number of hydrogen-bond acceptors (Lipinski definition) is 6. The van der Waals surface area contributed by atoms with E-state index >= 15 is 0 Å². The first-order valence-corrected chi connectivity index (χ1v) is 6.98. The third-order valence-corrected chi connectivity index (χ3v) is 3.35. The monoisotopic (exact) mass is 278 g/mol. The van der Waals surface area contributed by atoms with Gasteiger partial charge in [-0.3, -0.25) is 4.90 Å². The van der Waals surface area contributed by atoms with Crippen LogP contribution >= 0.6 is 0 Å². The molecule has 0 unspecified atom stereocenters. The van der Waals surface area contributed by atoms with Crippen molar-refractivity contribution in [1.82, 2.24) is 14.9 Å². The number of aromatic nitrogens is 2. The lowest BCUT2D eigenvalue weighted by molar-refractivity contribution is 0.0593. The Balaban J connectivity index is 1.92. The standard InChI is InChI=1S/C14H22N4O2/c1-11(2)10-17-4-6-18(7-5-17)13-9-15-12(8-16-13)14(19)20-3/h8-9,11H,4-7,10H2,1-3H3. The highest BCUT2D eigenvalue weighted by Crippen LogP contribution is 2.13. The number of rotatable bonds is 4. The molecule has 0 bridgehead atoms. The minimum absolute atomic E-state index is 0.245. The second-order valence-corrected chi connectivity index (χ2v) is 5.43. The van der Waals surface area contributed by atoms with Crippen LogP contribution in [0, 0.1) is 5.92 Å². The molecule has 20 heavy (non-hydrogen) atoms. The summed E-state index contributed by atoms with van der Waals surface area (Å²) in [5, 5.41) is 0. The molecule has 0 aromatic carbocycles. The van der Waals surface area contributed by atoms with Crippen LogP contribution in [0.15, 0.2) is 12.4 Å². The quantitative estimate of drug-likeness (QED) is 0.767. The summed E-state index contributed by atoms with van der Waals surface area (Å²) in [6.07, 6.45) is 3.12. The molecule has 0 saturated carbocycles. The summed E-state index contributed by atoms with van der Waals surface area (Å²) in [6, 6.07) is 0. The average molecular weight is 278 g/mol. The minimum Gasteiger partial charge on any atom is -0.464 e. The van der Waals surface area contributed by atoms with E-state index in [1.165, 1.54) is 13.3 Å². The molecule has 6 nitrogen and oxygen atoms in total. The van der Waals surface area contributed by atoms with Crippen LogP contribution in [0.4, 0.5) is 5.82 Å². The van der Waals surface area contributed by atoms with E-state index in [2.05, 4.69) is 38.4 Å². The van der Waals surface area contributed by atoms with E-state index in [9.17, 15) is 4.79 Å². The molecule has 1 fully saturated rings. The first-order chi connectivity index (χ1) is 9.60. The Morgan fingerprint density at radius 1 is 1.25 bits per heavy atom. The Labute approximate surface area is 119 Å². The Morgan fingerprint density at radius 3 is 2.45 bits per heavy atom. The molecule has 0 atom stereocenters. The summed E-state index contributed by atoms with van der Waals surface area (Å²) in [6.45, 7) is 9.59. The summed E-state index contributed by atoms with van der Waals surface area (Å²) < 4.78 is 4.61. The summed E-state index contributed by atoms with van der Waals surface area (Å²) in [7, 11) is 1.34. The number of piperazine rings is 1. The molecule has 0 aliphatic carbocycles. The van der Waals surface area contributed by atoms with E-state index in [-0.39, 0.29) is 5.69 Å². The molecule has 2 heterocycles. The highest BCUT2D eigenvalue weighted by molar-refractivity contribution is 5.86. The van der Waals surface area contributed by atoms with Crippen LogP contribution in [0.3, 0.4) is 0 Å². The summed E-state index contributed by atoms with van der Waals surface area (Å²) in [5.74, 6) is 1.06. The van der Waals surface area contributed by atoms with Gasteiger partial charge in [0, 0.05) is 32.7 Å². The van der Waals surface area contributed by atoms with Crippen LogP contribution in [0.2, 0.25) is 0 Å². The topological polar surface area (TPSA) is 58.6 Å². The van der Waals surface area contributed by atoms with Gasteiger partial charge in [-0.1, -0.05) is 13.8 Å². The number of ether oxygens (including phenoxy) is 1. The Morgan fingerprint density at radius 2 is 1.95 bits per heavy atom. The van der Waals surface area contributed by atoms with Gasteiger partial charge in [0.25, 0.3) is 0 Å². The third kappa shape index (κ3) is 3.66. The van der Waals surface area contributed by atoms with Crippen LogP contribution in [-0.4, -0.2) is 60.7 Å². The van der Waals surface area contributed by atoms with Gasteiger partial charge in [0.05, 0.1) is 19.5 Å². The molecule has 0 radical (unpaired) electrons. The first-order valence-electron chi connectivity index (χ1n) is 6.98. The predicted molar refractivity (Wildman–Crippen MR) is 76.9 cm³/mol. The molecular formula is C14H22N4O2. The molecule has 110 valence electrons. The van der Waals surface area contributed by atoms with Gasteiger partial charge in [-0.15, -0.1) is 0 Å². The maximum atomic E-state index is 11.3. The van der Waals surface area contributed by atoms with Crippen LogP contribution in [0.1, 0.15) is 24.3 Å². The van der Waals surface area contributed by atoms with Crippen molar-refractivity contribution in [3.05, 3.63) is 18.1 Å². The second kappa shape index (κ2) is 6.65. The lowest BCUT2D eigenvalue weighted by Gasteiger charge is -2.35. The number of carbonyl (C=O) groups is 1. The van der Waals surface area contributed by atoms with Crippen LogP contribution in [0.5, 0.6) is 0 Å². The van der Waals surface area contributed by atoms with Gasteiger partial charge >= 0.3 is 5.97 Å². The van der Waals surface area contributed by atoms with Crippen molar-refractivity contribution in [1.29, 1.82) is 0 Å². The zero-order valence-electron chi connectivity index (χ0n) is 12.4. The van der Waals surface area contributed by atoms with E-state index in [4.69, 9.17) is 0 Å². The van der Waals surface area contributed by atoms with E-state index in [0.717, 1.165) is 38.5 Å². The van der Waals surface area contributed by atoms with Crippen molar-refractivity contribution < 1.29 is 9.53 Å². The van der Waals surface area contributed by atoms with E-state index < -0.39 is 5.97 Å². The van der Waals surface area contributed by atoms with Gasteiger partial charge in [-0.25, -0.2) is 14.8 Å². The second-order valence-electron chi connectivity index (χ2n) is 5.43. The van der Waals surface area contributed by atoms with Crippen molar-refractivity contribution in [3.63, 3.8) is 0 Å². The summed E-state index contributed by atoms with van der Waals surface area (Å²) >= 11 is 0. The summed E-state index contributed by atoms with van der Waals surface area (Å²) in [4.78, 5) is 24.4. The van der Waals surface area contributed by atoms with Crippen molar-refractivity contribution in [2.24, 2.45) is 5.92 Å². The molecule has 1 aromatic heterocycles. The lowest BCUT2D eigenvalue weighted by atomic mass is 10.2.